The molecule has 1 amide bonds. The van der Waals surface area contributed by atoms with Gasteiger partial charge in [0.05, 0.1) is 0 Å². The van der Waals surface area contributed by atoms with Crippen molar-refractivity contribution in [2.45, 2.75) is 6.92 Å². The largest absolute Gasteiger partial charge is 0.452 e. The van der Waals surface area contributed by atoms with E-state index in [1.807, 2.05) is 31.2 Å². The molecule has 0 aliphatic heterocycles. The van der Waals surface area contributed by atoms with Crippen molar-refractivity contribution in [2.75, 3.05) is 13.7 Å². The lowest BCUT2D eigenvalue weighted by Gasteiger charge is -2.00. The summed E-state index contributed by atoms with van der Waals surface area (Å²) < 4.78 is 4.70. The Labute approximate surface area is 100 Å². The number of esters is 1. The highest BCUT2D eigenvalue weighted by atomic mass is 16.5. The van der Waals surface area contributed by atoms with Crippen molar-refractivity contribution in [1.29, 1.82) is 0 Å². The minimum atomic E-state index is -0.533. The number of hydrogen-bond acceptors (Lipinski definition) is 3. The maximum absolute atomic E-state index is 11.2. The molecule has 0 saturated heterocycles. The fraction of sp³-hybridized carbons (Fsp3) is 0.231. The summed E-state index contributed by atoms with van der Waals surface area (Å²) >= 11 is 0. The molecule has 0 heterocycles. The molecule has 0 bridgehead atoms. The third-order valence-corrected chi connectivity index (χ3v) is 2.11. The molecule has 0 spiro atoms. The number of carbonyl (C=O) groups excluding carboxylic acids is 2. The second-order valence-corrected chi connectivity index (χ2v) is 3.52. The molecule has 4 nitrogen and oxygen atoms in total. The zero-order valence-corrected chi connectivity index (χ0v) is 9.90. The highest BCUT2D eigenvalue weighted by molar-refractivity contribution is 5.89. The first kappa shape index (κ1) is 13.0. The first-order valence-electron chi connectivity index (χ1n) is 5.24. The van der Waals surface area contributed by atoms with Gasteiger partial charge < -0.3 is 10.1 Å². The molecule has 0 aliphatic carbocycles. The highest BCUT2D eigenvalue weighted by Gasteiger charge is 2.01. The van der Waals surface area contributed by atoms with Crippen molar-refractivity contribution in [1.82, 2.24) is 5.32 Å². The predicted molar refractivity (Wildman–Crippen MR) is 65.2 cm³/mol. The zero-order valence-electron chi connectivity index (χ0n) is 9.90. The van der Waals surface area contributed by atoms with Crippen LogP contribution in [-0.4, -0.2) is 25.5 Å². The lowest BCUT2D eigenvalue weighted by molar-refractivity contribution is -0.143. The Kier molecular flexibility index (Phi) is 4.94. The SMILES string of the molecule is CNC(=O)COC(=O)C=Cc1ccc(C)cc1. The first-order valence-corrected chi connectivity index (χ1v) is 5.24. The van der Waals surface area contributed by atoms with Gasteiger partial charge >= 0.3 is 5.97 Å². The molecule has 1 aromatic carbocycles. The minimum Gasteiger partial charge on any atom is -0.452 e. The molecule has 17 heavy (non-hydrogen) atoms. The molecule has 0 fully saturated rings. The monoisotopic (exact) mass is 233 g/mol. The number of hydrogen-bond donors (Lipinski definition) is 1. The minimum absolute atomic E-state index is 0.256. The summed E-state index contributed by atoms with van der Waals surface area (Å²) in [5, 5.41) is 2.36. The Morgan fingerprint density at radius 1 is 1.29 bits per heavy atom. The fourth-order valence-corrected chi connectivity index (χ4v) is 1.10. The topological polar surface area (TPSA) is 55.4 Å². The van der Waals surface area contributed by atoms with Crippen LogP contribution in [0.15, 0.2) is 30.3 Å². The van der Waals surface area contributed by atoms with Gasteiger partial charge in [-0.2, -0.15) is 0 Å². The van der Waals surface area contributed by atoms with Crippen LogP contribution in [0.2, 0.25) is 0 Å². The molecule has 0 radical (unpaired) electrons. The van der Waals surface area contributed by atoms with Crippen LogP contribution in [0.5, 0.6) is 0 Å². The van der Waals surface area contributed by atoms with Crippen LogP contribution in [0.1, 0.15) is 11.1 Å². The normalized spacial score (nSPS) is 10.2. The lowest BCUT2D eigenvalue weighted by atomic mass is 10.1. The summed E-state index contributed by atoms with van der Waals surface area (Å²) in [4.78, 5) is 22.0. The lowest BCUT2D eigenvalue weighted by Crippen LogP contribution is -2.24. The van der Waals surface area contributed by atoms with Gasteiger partial charge in [0, 0.05) is 13.1 Å². The van der Waals surface area contributed by atoms with Crippen LogP contribution >= 0.6 is 0 Å². The summed E-state index contributed by atoms with van der Waals surface area (Å²) in [5.74, 6) is -0.865. The van der Waals surface area contributed by atoms with E-state index in [4.69, 9.17) is 4.74 Å². The van der Waals surface area contributed by atoms with Crippen LogP contribution in [-0.2, 0) is 14.3 Å². The Hall–Kier alpha value is -2.10. The van der Waals surface area contributed by atoms with Crippen LogP contribution in [0.4, 0.5) is 0 Å². The average Bonchev–Trinajstić information content (AvgIpc) is 2.35. The van der Waals surface area contributed by atoms with Crippen LogP contribution in [0, 0.1) is 6.92 Å². The Morgan fingerprint density at radius 3 is 2.53 bits per heavy atom. The molecule has 0 unspecified atom stereocenters. The van der Waals surface area contributed by atoms with Gasteiger partial charge in [0.15, 0.2) is 6.61 Å². The van der Waals surface area contributed by atoms with E-state index in [-0.39, 0.29) is 12.5 Å². The molecule has 90 valence electrons. The zero-order chi connectivity index (χ0) is 12.7. The fourth-order valence-electron chi connectivity index (χ4n) is 1.10. The summed E-state index contributed by atoms with van der Waals surface area (Å²) in [6.45, 7) is 1.73. The number of amides is 1. The van der Waals surface area contributed by atoms with Gasteiger partial charge in [0.25, 0.3) is 5.91 Å². The van der Waals surface area contributed by atoms with Crippen molar-refractivity contribution in [3.05, 3.63) is 41.5 Å². The number of ether oxygens (including phenoxy) is 1. The van der Waals surface area contributed by atoms with E-state index >= 15 is 0 Å². The molecular weight excluding hydrogens is 218 g/mol. The molecule has 0 saturated carbocycles. The van der Waals surface area contributed by atoms with Crippen molar-refractivity contribution in [2.24, 2.45) is 0 Å². The van der Waals surface area contributed by atoms with E-state index in [9.17, 15) is 9.59 Å². The first-order chi connectivity index (χ1) is 8.11. The maximum atomic E-state index is 11.2. The van der Waals surface area contributed by atoms with Gasteiger partial charge in [-0.1, -0.05) is 29.8 Å². The van der Waals surface area contributed by atoms with Gasteiger partial charge in [-0.3, -0.25) is 4.79 Å². The molecule has 1 rings (SSSR count). The molecule has 1 N–H and O–H groups in total. The van der Waals surface area contributed by atoms with Gasteiger partial charge in [-0.25, -0.2) is 4.79 Å². The van der Waals surface area contributed by atoms with E-state index in [0.717, 1.165) is 11.1 Å². The molecule has 0 atom stereocenters. The van der Waals surface area contributed by atoms with E-state index in [2.05, 4.69) is 5.32 Å². The van der Waals surface area contributed by atoms with Crippen LogP contribution in [0.3, 0.4) is 0 Å². The number of benzene rings is 1. The van der Waals surface area contributed by atoms with Crippen molar-refractivity contribution in [3.63, 3.8) is 0 Å². The Bertz CT molecular complexity index is 421. The average molecular weight is 233 g/mol. The number of carbonyl (C=O) groups is 2. The molecule has 1 aromatic rings. The van der Waals surface area contributed by atoms with E-state index in [1.165, 1.54) is 13.1 Å². The van der Waals surface area contributed by atoms with E-state index < -0.39 is 5.97 Å². The number of rotatable bonds is 4. The third kappa shape index (κ3) is 4.97. The Balaban J connectivity index is 2.45. The standard InChI is InChI=1S/C13H15NO3/c1-10-3-5-11(6-4-10)7-8-13(16)17-9-12(15)14-2/h3-8H,9H2,1-2H3,(H,14,15). The Morgan fingerprint density at radius 2 is 1.94 bits per heavy atom. The van der Waals surface area contributed by atoms with Crippen molar-refractivity contribution >= 4 is 18.0 Å². The predicted octanol–water partition coefficient (Wildman–Crippen LogP) is 1.30. The number of aryl methyl sites for hydroxylation is 1. The summed E-state index contributed by atoms with van der Waals surface area (Å²) in [7, 11) is 1.48. The second kappa shape index (κ2) is 6.48. The van der Waals surface area contributed by atoms with Crippen LogP contribution in [0.25, 0.3) is 6.08 Å². The van der Waals surface area contributed by atoms with Crippen LogP contribution < -0.4 is 5.32 Å². The van der Waals surface area contributed by atoms with Gasteiger partial charge in [0.1, 0.15) is 0 Å². The molecular formula is C13H15NO3. The van der Waals surface area contributed by atoms with E-state index in [1.54, 1.807) is 6.08 Å². The summed E-state index contributed by atoms with van der Waals surface area (Å²) in [5.41, 5.74) is 2.07. The second-order valence-electron chi connectivity index (χ2n) is 3.52. The molecule has 0 aromatic heterocycles. The van der Waals surface area contributed by atoms with Gasteiger partial charge in [-0.05, 0) is 18.6 Å². The van der Waals surface area contributed by atoms with Crippen molar-refractivity contribution in [3.8, 4) is 0 Å². The molecule has 0 aliphatic rings. The van der Waals surface area contributed by atoms with Gasteiger partial charge in [0.2, 0.25) is 0 Å². The van der Waals surface area contributed by atoms with Gasteiger partial charge in [-0.15, -0.1) is 0 Å². The quantitative estimate of drug-likeness (QED) is 0.630. The summed E-state index contributed by atoms with van der Waals surface area (Å²) in [6, 6.07) is 7.71. The van der Waals surface area contributed by atoms with E-state index in [0.29, 0.717) is 0 Å². The smallest absolute Gasteiger partial charge is 0.331 e. The highest BCUT2D eigenvalue weighted by Crippen LogP contribution is 2.04. The molecule has 4 heteroatoms. The maximum Gasteiger partial charge on any atom is 0.331 e. The van der Waals surface area contributed by atoms with Crippen molar-refractivity contribution < 1.29 is 14.3 Å². The third-order valence-electron chi connectivity index (χ3n) is 2.11. The number of nitrogens with one attached hydrogen (secondary N) is 1. The summed E-state index contributed by atoms with van der Waals surface area (Å²) in [6.07, 6.45) is 2.94. The number of likely N-dealkylation sites (N-methyl/N-ethyl adjacent to an activating group) is 1.